The van der Waals surface area contributed by atoms with Crippen molar-refractivity contribution in [3.05, 3.63) is 5.32 Å². The second-order valence-corrected chi connectivity index (χ2v) is 4.58. The number of nitrogens with zero attached hydrogens (tertiary/aromatic N) is 1. The van der Waals surface area contributed by atoms with Crippen molar-refractivity contribution >= 4 is 18.6 Å². The van der Waals surface area contributed by atoms with E-state index in [1.165, 1.54) is 0 Å². The molecule has 1 N–H and O–H groups in total. The molecule has 0 heterocycles. The summed E-state index contributed by atoms with van der Waals surface area (Å²) in [5.41, 5.74) is 0. The predicted octanol–water partition coefficient (Wildman–Crippen LogP) is 3.56. The van der Waals surface area contributed by atoms with Gasteiger partial charge in [-0.15, -0.1) is 0 Å². The Labute approximate surface area is 99.1 Å². The van der Waals surface area contributed by atoms with E-state index in [-0.39, 0.29) is 0 Å². The Morgan fingerprint density at radius 1 is 1.15 bits per heavy atom. The summed E-state index contributed by atoms with van der Waals surface area (Å²) in [4.78, 5) is 0. The molecule has 0 aliphatic carbocycles. The Morgan fingerprint density at radius 3 is 1.54 bits per heavy atom. The molecule has 0 saturated heterocycles. The van der Waals surface area contributed by atoms with E-state index in [9.17, 15) is 0 Å². The molecule has 0 radical (unpaired) electrons. The SMILES string of the molecule is CCCCO.CC[N-]CC.[Cl][Ti][Cl]. The van der Waals surface area contributed by atoms with Crippen LogP contribution in [0.2, 0.25) is 0 Å². The molecule has 0 saturated carbocycles. The molecule has 0 rings (SSSR count). The van der Waals surface area contributed by atoms with Crippen LogP contribution in [0, 0.1) is 0 Å². The maximum atomic E-state index is 8.07. The molecule has 0 aliphatic rings. The van der Waals surface area contributed by atoms with Crippen LogP contribution in [-0.4, -0.2) is 24.8 Å². The molecule has 0 aromatic heterocycles. The Hall–Kier alpha value is 1.21. The number of hydrogen-bond donors (Lipinski definition) is 1. The van der Waals surface area contributed by atoms with Gasteiger partial charge in [-0.25, -0.2) is 0 Å². The molecule has 0 aliphatic heterocycles. The van der Waals surface area contributed by atoms with Crippen molar-refractivity contribution in [3.8, 4) is 0 Å². The molecule has 82 valence electrons. The third-order valence-corrected chi connectivity index (χ3v) is 0.959. The fourth-order valence-corrected chi connectivity index (χ4v) is 0.382. The first kappa shape index (κ1) is 19.7. The van der Waals surface area contributed by atoms with Crippen molar-refractivity contribution in [3.63, 3.8) is 0 Å². The van der Waals surface area contributed by atoms with Gasteiger partial charge >= 0.3 is 35.6 Å². The van der Waals surface area contributed by atoms with E-state index >= 15 is 0 Å². The van der Waals surface area contributed by atoms with Crippen molar-refractivity contribution < 1.29 is 22.1 Å². The summed E-state index contributed by atoms with van der Waals surface area (Å²) < 4.78 is 0. The minimum absolute atomic E-state index is 0.344. The molecular weight excluding hydrogens is 245 g/mol. The van der Waals surface area contributed by atoms with Crippen LogP contribution in [0.3, 0.4) is 0 Å². The number of halogens is 2. The summed E-state index contributed by atoms with van der Waals surface area (Å²) in [6.07, 6.45) is 2.04. The van der Waals surface area contributed by atoms with Gasteiger partial charge in [0.15, 0.2) is 0 Å². The van der Waals surface area contributed by atoms with Gasteiger partial charge in [-0.2, -0.15) is 13.1 Å². The van der Waals surface area contributed by atoms with Crippen LogP contribution in [0.25, 0.3) is 5.32 Å². The zero-order valence-electron chi connectivity index (χ0n) is 8.69. The quantitative estimate of drug-likeness (QED) is 0.775. The molecule has 0 atom stereocenters. The standard InChI is InChI=1S/C4H10N.C4H10O.2ClH.Ti/c1-3-5-4-2;1-2-3-4-5;;;/h3-4H2,1-2H3;5H,2-4H2,1H3;2*1H;/q-1;;;;+2/p-2. The first-order valence-corrected chi connectivity index (χ1v) is 8.75. The van der Waals surface area contributed by atoms with E-state index in [0.29, 0.717) is 6.61 Å². The van der Waals surface area contributed by atoms with Gasteiger partial charge in [0.2, 0.25) is 0 Å². The van der Waals surface area contributed by atoms with E-state index in [4.69, 9.17) is 23.7 Å². The van der Waals surface area contributed by atoms with Crippen LogP contribution in [0.4, 0.5) is 0 Å². The average Bonchev–Trinajstić information content (AvgIpc) is 2.09. The number of hydrogen-bond acceptors (Lipinski definition) is 1. The van der Waals surface area contributed by atoms with E-state index < -0.39 is 17.0 Å². The van der Waals surface area contributed by atoms with Crippen LogP contribution in [-0.2, 0) is 17.0 Å². The van der Waals surface area contributed by atoms with Crippen molar-refractivity contribution in [2.24, 2.45) is 0 Å². The monoisotopic (exact) mass is 264 g/mol. The zero-order valence-corrected chi connectivity index (χ0v) is 11.8. The third-order valence-electron chi connectivity index (χ3n) is 0.959. The topological polar surface area (TPSA) is 34.3 Å². The molecule has 0 amide bonds. The normalized spacial score (nSPS) is 7.54. The molecule has 0 spiro atoms. The number of unbranched alkanes of at least 4 members (excludes halogenated alkanes) is 1. The van der Waals surface area contributed by atoms with E-state index in [2.05, 4.69) is 12.2 Å². The summed E-state index contributed by atoms with van der Waals surface area (Å²) in [6, 6.07) is 0. The van der Waals surface area contributed by atoms with Gasteiger partial charge in [0.25, 0.3) is 0 Å². The van der Waals surface area contributed by atoms with Crippen LogP contribution < -0.4 is 0 Å². The number of rotatable bonds is 4. The van der Waals surface area contributed by atoms with Gasteiger partial charge in [0.05, 0.1) is 0 Å². The first-order valence-electron chi connectivity index (χ1n) is 4.45. The summed E-state index contributed by atoms with van der Waals surface area (Å²) in [5.74, 6) is 0. The summed E-state index contributed by atoms with van der Waals surface area (Å²) in [7, 11) is 9.78. The van der Waals surface area contributed by atoms with Crippen LogP contribution in [0.1, 0.15) is 33.6 Å². The van der Waals surface area contributed by atoms with E-state index in [0.717, 1.165) is 25.9 Å². The van der Waals surface area contributed by atoms with Crippen LogP contribution in [0.15, 0.2) is 0 Å². The summed E-state index contributed by atoms with van der Waals surface area (Å²) in [5, 5.41) is 12.0. The molecule has 0 aromatic carbocycles. The summed E-state index contributed by atoms with van der Waals surface area (Å²) in [6.45, 7) is 8.42. The van der Waals surface area contributed by atoms with Gasteiger partial charge in [-0.1, -0.05) is 27.2 Å². The van der Waals surface area contributed by atoms with Gasteiger partial charge < -0.3 is 10.4 Å². The minimum atomic E-state index is -0.556. The van der Waals surface area contributed by atoms with E-state index in [1.54, 1.807) is 0 Å². The third kappa shape index (κ3) is 61.1. The van der Waals surface area contributed by atoms with Crippen molar-refractivity contribution in [2.75, 3.05) is 19.7 Å². The Kier molecular flexibility index (Phi) is 44.4. The van der Waals surface area contributed by atoms with Crippen molar-refractivity contribution in [2.45, 2.75) is 33.6 Å². The van der Waals surface area contributed by atoms with Crippen molar-refractivity contribution in [1.82, 2.24) is 0 Å². The Balaban J connectivity index is -0.000000120. The molecule has 0 fully saturated rings. The molecule has 0 unspecified atom stereocenters. The maximum absolute atomic E-state index is 8.07. The second kappa shape index (κ2) is 29.2. The zero-order chi connectivity index (χ0) is 10.9. The molecule has 13 heavy (non-hydrogen) atoms. The number of aliphatic hydroxyl groups excluding tert-OH is 1. The van der Waals surface area contributed by atoms with E-state index in [1.807, 2.05) is 13.8 Å². The van der Waals surface area contributed by atoms with Crippen molar-refractivity contribution in [1.29, 1.82) is 0 Å². The molecule has 5 heteroatoms. The molecular formula is C8H20Cl2NOTi-. The Bertz CT molecular complexity index is 51.4. The predicted molar refractivity (Wildman–Crippen MR) is 58.1 cm³/mol. The average molecular weight is 265 g/mol. The molecule has 0 bridgehead atoms. The van der Waals surface area contributed by atoms with Crippen LogP contribution in [0.5, 0.6) is 0 Å². The van der Waals surface area contributed by atoms with Gasteiger partial charge in [0.1, 0.15) is 0 Å². The summed E-state index contributed by atoms with van der Waals surface area (Å²) >= 11 is -0.556. The fourth-order valence-electron chi connectivity index (χ4n) is 0.382. The second-order valence-electron chi connectivity index (χ2n) is 2.00. The number of aliphatic hydroxyl groups is 1. The first-order chi connectivity index (χ1) is 6.24. The Morgan fingerprint density at radius 2 is 1.54 bits per heavy atom. The van der Waals surface area contributed by atoms with Gasteiger partial charge in [-0.05, 0) is 6.42 Å². The molecule has 0 aromatic rings. The van der Waals surface area contributed by atoms with Gasteiger partial charge in [0, 0.05) is 6.61 Å². The van der Waals surface area contributed by atoms with Crippen LogP contribution >= 0.6 is 18.6 Å². The molecule has 2 nitrogen and oxygen atoms in total. The van der Waals surface area contributed by atoms with Gasteiger partial charge in [-0.3, -0.25) is 0 Å². The fraction of sp³-hybridized carbons (Fsp3) is 1.00.